The van der Waals surface area contributed by atoms with Gasteiger partial charge in [-0.05, 0) is 25.0 Å². The van der Waals surface area contributed by atoms with E-state index in [4.69, 9.17) is 0 Å². The summed E-state index contributed by atoms with van der Waals surface area (Å²) in [6.45, 7) is 2.33. The fraction of sp³-hybridized carbons (Fsp3) is 0.706. The second-order valence-electron chi connectivity index (χ2n) is 6.65. The van der Waals surface area contributed by atoms with E-state index in [1.54, 1.807) is 18.1 Å². The fourth-order valence-electron chi connectivity index (χ4n) is 3.88. The van der Waals surface area contributed by atoms with Crippen LogP contribution >= 0.6 is 11.8 Å². The van der Waals surface area contributed by atoms with Gasteiger partial charge in [0.25, 0.3) is 0 Å². The minimum Gasteiger partial charge on any atom is -0.348 e. The third-order valence-corrected chi connectivity index (χ3v) is 5.81. The number of fused-ring (bicyclic) bond motifs is 1. The Hall–Kier alpha value is -1.50. The number of rotatable bonds is 6. The molecule has 0 unspecified atom stereocenters. The van der Waals surface area contributed by atoms with Gasteiger partial charge in [-0.25, -0.2) is 4.98 Å². The number of hydrogen-bond acceptors (Lipinski definition) is 4. The summed E-state index contributed by atoms with van der Waals surface area (Å²) < 4.78 is 0. The molecule has 2 fully saturated rings. The number of aromatic amines is 1. The first-order valence-corrected chi connectivity index (χ1v) is 10.1. The van der Waals surface area contributed by atoms with Crippen molar-refractivity contribution < 1.29 is 9.59 Å². The van der Waals surface area contributed by atoms with Crippen molar-refractivity contribution in [2.45, 2.75) is 38.1 Å². The standard InChI is InChI=1S/C17H26N4O2S/c1-24-9-6-16(22)20-7-5-15-13(11-20)2-3-17(23)21(15)8-4-14-10-18-12-19-14/h10,12-13,15H,2-9,11H2,1H3,(H,18,19)/t13-,15+/m0/s1. The summed E-state index contributed by atoms with van der Waals surface area (Å²) >= 11 is 1.71. The van der Waals surface area contributed by atoms with Crippen molar-refractivity contribution in [2.75, 3.05) is 31.6 Å². The van der Waals surface area contributed by atoms with Gasteiger partial charge in [0, 0.05) is 62.6 Å². The molecule has 1 aromatic rings. The van der Waals surface area contributed by atoms with E-state index in [0.29, 0.717) is 24.8 Å². The molecule has 2 aliphatic rings. The van der Waals surface area contributed by atoms with Gasteiger partial charge in [-0.2, -0.15) is 11.8 Å². The molecule has 3 heterocycles. The van der Waals surface area contributed by atoms with Crippen molar-refractivity contribution in [2.24, 2.45) is 5.92 Å². The smallest absolute Gasteiger partial charge is 0.223 e. The Balaban J connectivity index is 1.58. The molecule has 2 saturated heterocycles. The molecule has 2 amide bonds. The van der Waals surface area contributed by atoms with Gasteiger partial charge in [0.1, 0.15) is 0 Å². The van der Waals surface area contributed by atoms with Crippen LogP contribution in [0.1, 0.15) is 31.4 Å². The molecule has 0 bridgehead atoms. The number of thioether (sulfide) groups is 1. The normalized spacial score (nSPS) is 24.1. The molecule has 1 N–H and O–H groups in total. The zero-order chi connectivity index (χ0) is 16.9. The van der Waals surface area contributed by atoms with Crippen LogP contribution in [0.5, 0.6) is 0 Å². The van der Waals surface area contributed by atoms with E-state index in [9.17, 15) is 9.59 Å². The van der Waals surface area contributed by atoms with E-state index < -0.39 is 0 Å². The molecule has 24 heavy (non-hydrogen) atoms. The van der Waals surface area contributed by atoms with Crippen LogP contribution < -0.4 is 0 Å². The maximum absolute atomic E-state index is 12.4. The van der Waals surface area contributed by atoms with Gasteiger partial charge in [-0.1, -0.05) is 0 Å². The highest BCUT2D eigenvalue weighted by Crippen LogP contribution is 2.31. The number of piperidine rings is 2. The Kier molecular flexibility index (Phi) is 5.81. The lowest BCUT2D eigenvalue weighted by Gasteiger charge is -2.47. The highest BCUT2D eigenvalue weighted by atomic mass is 32.2. The van der Waals surface area contributed by atoms with Crippen molar-refractivity contribution in [1.29, 1.82) is 0 Å². The largest absolute Gasteiger partial charge is 0.348 e. The average molecular weight is 350 g/mol. The maximum atomic E-state index is 12.4. The summed E-state index contributed by atoms with van der Waals surface area (Å²) in [5.41, 5.74) is 1.06. The molecule has 7 heteroatoms. The lowest BCUT2D eigenvalue weighted by molar-refractivity contribution is -0.144. The average Bonchev–Trinajstić information content (AvgIpc) is 3.12. The van der Waals surface area contributed by atoms with Gasteiger partial charge < -0.3 is 14.8 Å². The summed E-state index contributed by atoms with van der Waals surface area (Å²) in [5, 5.41) is 0. The van der Waals surface area contributed by atoms with Crippen LogP contribution in [-0.2, 0) is 16.0 Å². The van der Waals surface area contributed by atoms with Gasteiger partial charge in [-0.3, -0.25) is 9.59 Å². The zero-order valence-electron chi connectivity index (χ0n) is 14.2. The molecule has 0 spiro atoms. The first-order chi connectivity index (χ1) is 11.7. The molecule has 2 atom stereocenters. The molecule has 132 valence electrons. The number of imidazole rings is 1. The first kappa shape index (κ1) is 17.3. The lowest BCUT2D eigenvalue weighted by Crippen LogP contribution is -2.57. The van der Waals surface area contributed by atoms with Crippen molar-refractivity contribution in [3.05, 3.63) is 18.2 Å². The molecule has 0 aromatic carbocycles. The Bertz CT molecular complexity index is 563. The predicted molar refractivity (Wildman–Crippen MR) is 94.7 cm³/mol. The van der Waals surface area contributed by atoms with Crippen LogP contribution in [0.25, 0.3) is 0 Å². The highest BCUT2D eigenvalue weighted by molar-refractivity contribution is 7.98. The molecule has 0 radical (unpaired) electrons. The summed E-state index contributed by atoms with van der Waals surface area (Å²) in [7, 11) is 0. The van der Waals surface area contributed by atoms with E-state index in [0.717, 1.165) is 50.3 Å². The van der Waals surface area contributed by atoms with Crippen molar-refractivity contribution in [3.63, 3.8) is 0 Å². The Labute approximate surface area is 147 Å². The molecule has 6 nitrogen and oxygen atoms in total. The van der Waals surface area contributed by atoms with Crippen LogP contribution in [0.4, 0.5) is 0 Å². The number of aromatic nitrogens is 2. The molecule has 3 rings (SSSR count). The van der Waals surface area contributed by atoms with Gasteiger partial charge in [0.2, 0.25) is 11.8 Å². The summed E-state index contributed by atoms with van der Waals surface area (Å²) in [6, 6.07) is 0.291. The Morgan fingerprint density at radius 3 is 3.08 bits per heavy atom. The molecular weight excluding hydrogens is 324 g/mol. The monoisotopic (exact) mass is 350 g/mol. The van der Waals surface area contributed by atoms with Crippen molar-refractivity contribution in [1.82, 2.24) is 19.8 Å². The van der Waals surface area contributed by atoms with E-state index >= 15 is 0 Å². The van der Waals surface area contributed by atoms with Crippen LogP contribution in [0.3, 0.4) is 0 Å². The van der Waals surface area contributed by atoms with Gasteiger partial charge in [0.15, 0.2) is 0 Å². The third kappa shape index (κ3) is 3.94. The molecule has 0 aliphatic carbocycles. The fourth-order valence-corrected chi connectivity index (χ4v) is 4.26. The molecule has 2 aliphatic heterocycles. The number of likely N-dealkylation sites (tertiary alicyclic amines) is 2. The van der Waals surface area contributed by atoms with E-state index in [1.807, 2.05) is 17.4 Å². The van der Waals surface area contributed by atoms with Crippen molar-refractivity contribution in [3.8, 4) is 0 Å². The quantitative estimate of drug-likeness (QED) is 0.845. The number of nitrogens with zero attached hydrogens (tertiary/aromatic N) is 3. The highest BCUT2D eigenvalue weighted by Gasteiger charge is 2.39. The predicted octanol–water partition coefficient (Wildman–Crippen LogP) is 1.54. The zero-order valence-corrected chi connectivity index (χ0v) is 15.1. The van der Waals surface area contributed by atoms with E-state index in [1.165, 1.54) is 0 Å². The van der Waals surface area contributed by atoms with Gasteiger partial charge in [0.05, 0.1) is 6.33 Å². The molecule has 1 aromatic heterocycles. The number of amides is 2. The number of nitrogens with one attached hydrogen (secondary N) is 1. The molecular formula is C17H26N4O2S. The minimum absolute atomic E-state index is 0.262. The summed E-state index contributed by atoms with van der Waals surface area (Å²) in [5.74, 6) is 1.84. The van der Waals surface area contributed by atoms with Crippen molar-refractivity contribution >= 4 is 23.6 Å². The topological polar surface area (TPSA) is 69.3 Å². The SMILES string of the molecule is CSCCC(=O)N1CC[C@@H]2[C@@H](CCC(=O)N2CCc2cnc[nH]2)C1. The van der Waals surface area contributed by atoms with E-state index in [2.05, 4.69) is 14.9 Å². The van der Waals surface area contributed by atoms with Crippen LogP contribution in [0.2, 0.25) is 0 Å². The lowest BCUT2D eigenvalue weighted by atomic mass is 9.83. The second kappa shape index (κ2) is 8.05. The maximum Gasteiger partial charge on any atom is 0.223 e. The van der Waals surface area contributed by atoms with Crippen LogP contribution in [0.15, 0.2) is 12.5 Å². The first-order valence-electron chi connectivity index (χ1n) is 8.72. The third-order valence-electron chi connectivity index (χ3n) is 5.19. The molecule has 0 saturated carbocycles. The van der Waals surface area contributed by atoms with Gasteiger partial charge in [-0.15, -0.1) is 0 Å². The Morgan fingerprint density at radius 2 is 2.33 bits per heavy atom. The minimum atomic E-state index is 0.262. The van der Waals surface area contributed by atoms with Crippen LogP contribution in [0, 0.1) is 5.92 Å². The number of hydrogen-bond donors (Lipinski definition) is 1. The second-order valence-corrected chi connectivity index (χ2v) is 7.64. The Morgan fingerprint density at radius 1 is 1.46 bits per heavy atom. The number of H-pyrrole nitrogens is 1. The van der Waals surface area contributed by atoms with Crippen LogP contribution in [-0.4, -0.2) is 69.3 Å². The number of carbonyl (C=O) groups excluding carboxylic acids is 2. The summed E-state index contributed by atoms with van der Waals surface area (Å²) in [6.07, 6.45) is 9.39. The number of carbonyl (C=O) groups is 2. The summed E-state index contributed by atoms with van der Waals surface area (Å²) in [4.78, 5) is 35.9. The van der Waals surface area contributed by atoms with Gasteiger partial charge >= 0.3 is 0 Å². The van der Waals surface area contributed by atoms with E-state index in [-0.39, 0.29) is 11.8 Å².